The van der Waals surface area contributed by atoms with Crippen LogP contribution >= 0.6 is 0 Å². The zero-order valence-electron chi connectivity index (χ0n) is 12.0. The standard InChI is InChI=1S/C14H13F3N2O3S/c1-22-13-7-2-10(8-18-13)9-19-23(20,21)12-5-3-11(4-6-12)14(15,16)17/h2-8,19H,9H2,1H3. The quantitative estimate of drug-likeness (QED) is 0.904. The number of methoxy groups -OCH3 is 1. The second kappa shape index (κ2) is 6.55. The van der Waals surface area contributed by atoms with Crippen LogP contribution in [0.1, 0.15) is 11.1 Å². The van der Waals surface area contributed by atoms with Gasteiger partial charge in [0.05, 0.1) is 17.6 Å². The first-order valence-electron chi connectivity index (χ1n) is 6.38. The van der Waals surface area contributed by atoms with Gasteiger partial charge in [0.25, 0.3) is 0 Å². The third kappa shape index (κ3) is 4.42. The van der Waals surface area contributed by atoms with E-state index < -0.39 is 21.8 Å². The Morgan fingerprint density at radius 2 is 1.78 bits per heavy atom. The largest absolute Gasteiger partial charge is 0.481 e. The van der Waals surface area contributed by atoms with Gasteiger partial charge in [-0.05, 0) is 29.8 Å². The Morgan fingerprint density at radius 1 is 1.13 bits per heavy atom. The van der Waals surface area contributed by atoms with Gasteiger partial charge >= 0.3 is 6.18 Å². The van der Waals surface area contributed by atoms with Crippen LogP contribution < -0.4 is 9.46 Å². The van der Waals surface area contributed by atoms with Crippen LogP contribution in [0.2, 0.25) is 0 Å². The Balaban J connectivity index is 2.09. The van der Waals surface area contributed by atoms with E-state index in [0.29, 0.717) is 11.4 Å². The zero-order valence-corrected chi connectivity index (χ0v) is 12.8. The summed E-state index contributed by atoms with van der Waals surface area (Å²) in [6.07, 6.45) is -3.07. The highest BCUT2D eigenvalue weighted by Gasteiger charge is 2.30. The first-order valence-corrected chi connectivity index (χ1v) is 7.86. The van der Waals surface area contributed by atoms with Gasteiger partial charge in [-0.1, -0.05) is 6.07 Å². The van der Waals surface area contributed by atoms with Gasteiger partial charge in [-0.2, -0.15) is 13.2 Å². The lowest BCUT2D eigenvalue weighted by Crippen LogP contribution is -2.23. The molecule has 0 fully saturated rings. The lowest BCUT2D eigenvalue weighted by atomic mass is 10.2. The Morgan fingerprint density at radius 3 is 2.26 bits per heavy atom. The van der Waals surface area contributed by atoms with Crippen LogP contribution in [-0.2, 0) is 22.7 Å². The average Bonchev–Trinajstić information content (AvgIpc) is 2.53. The summed E-state index contributed by atoms with van der Waals surface area (Å²) < 4.78 is 68.7. The van der Waals surface area contributed by atoms with Gasteiger partial charge in [0.2, 0.25) is 15.9 Å². The number of alkyl halides is 3. The molecular weight excluding hydrogens is 333 g/mol. The lowest BCUT2D eigenvalue weighted by Gasteiger charge is -2.09. The summed E-state index contributed by atoms with van der Waals surface area (Å²) in [5.74, 6) is 0.388. The predicted octanol–water partition coefficient (Wildman–Crippen LogP) is 2.59. The molecule has 0 aliphatic heterocycles. The van der Waals surface area contributed by atoms with Crippen molar-refractivity contribution in [3.8, 4) is 5.88 Å². The fraction of sp³-hybridized carbons (Fsp3) is 0.214. The second-order valence-electron chi connectivity index (χ2n) is 4.56. The van der Waals surface area contributed by atoms with Crippen molar-refractivity contribution in [2.45, 2.75) is 17.6 Å². The molecule has 0 atom stereocenters. The third-order valence-electron chi connectivity index (χ3n) is 2.96. The molecule has 23 heavy (non-hydrogen) atoms. The van der Waals surface area contributed by atoms with E-state index in [-0.39, 0.29) is 11.4 Å². The molecule has 2 aromatic rings. The lowest BCUT2D eigenvalue weighted by molar-refractivity contribution is -0.137. The van der Waals surface area contributed by atoms with E-state index in [1.807, 2.05) is 0 Å². The average molecular weight is 346 g/mol. The Kier molecular flexibility index (Phi) is 4.90. The minimum absolute atomic E-state index is 0.0413. The third-order valence-corrected chi connectivity index (χ3v) is 4.38. The number of hydrogen-bond acceptors (Lipinski definition) is 4. The Bertz CT molecular complexity index is 757. The normalized spacial score (nSPS) is 12.2. The van der Waals surface area contributed by atoms with Gasteiger partial charge in [0.15, 0.2) is 0 Å². The number of aromatic nitrogens is 1. The SMILES string of the molecule is COc1ccc(CNS(=O)(=O)c2ccc(C(F)(F)F)cc2)cn1. The summed E-state index contributed by atoms with van der Waals surface area (Å²) in [5, 5.41) is 0. The molecule has 0 amide bonds. The van der Waals surface area contributed by atoms with Gasteiger partial charge in [-0.15, -0.1) is 0 Å². The molecule has 1 N–H and O–H groups in total. The van der Waals surface area contributed by atoms with Gasteiger partial charge < -0.3 is 4.74 Å². The van der Waals surface area contributed by atoms with Crippen LogP contribution in [0, 0.1) is 0 Å². The fourth-order valence-corrected chi connectivity index (χ4v) is 2.74. The monoisotopic (exact) mass is 346 g/mol. The van der Waals surface area contributed by atoms with E-state index in [1.54, 1.807) is 12.1 Å². The molecule has 0 spiro atoms. The highest BCUT2D eigenvalue weighted by Crippen LogP contribution is 2.29. The summed E-state index contributed by atoms with van der Waals surface area (Å²) in [4.78, 5) is 3.68. The maximum Gasteiger partial charge on any atom is 0.416 e. The topological polar surface area (TPSA) is 68.3 Å². The molecule has 124 valence electrons. The zero-order chi connectivity index (χ0) is 17.1. The molecule has 0 saturated carbocycles. The summed E-state index contributed by atoms with van der Waals surface area (Å²) in [5.41, 5.74) is -0.322. The maximum atomic E-state index is 12.5. The number of benzene rings is 1. The van der Waals surface area contributed by atoms with Crippen molar-refractivity contribution in [2.24, 2.45) is 0 Å². The number of rotatable bonds is 5. The number of sulfonamides is 1. The molecular formula is C14H13F3N2O3S. The number of ether oxygens (including phenoxy) is 1. The van der Waals surface area contributed by atoms with E-state index in [4.69, 9.17) is 4.74 Å². The van der Waals surface area contributed by atoms with Crippen molar-refractivity contribution < 1.29 is 26.3 Å². The summed E-state index contributed by atoms with van der Waals surface area (Å²) >= 11 is 0. The van der Waals surface area contributed by atoms with E-state index in [9.17, 15) is 21.6 Å². The van der Waals surface area contributed by atoms with Gasteiger partial charge in [0, 0.05) is 18.8 Å². The van der Waals surface area contributed by atoms with E-state index in [1.165, 1.54) is 13.3 Å². The van der Waals surface area contributed by atoms with Crippen LogP contribution in [0.3, 0.4) is 0 Å². The molecule has 0 radical (unpaired) electrons. The molecule has 2 rings (SSSR count). The number of nitrogens with one attached hydrogen (secondary N) is 1. The molecule has 0 bridgehead atoms. The van der Waals surface area contributed by atoms with Crippen LogP contribution in [0.5, 0.6) is 5.88 Å². The van der Waals surface area contributed by atoms with Crippen molar-refractivity contribution in [2.75, 3.05) is 7.11 Å². The molecule has 9 heteroatoms. The molecule has 1 heterocycles. The predicted molar refractivity (Wildman–Crippen MR) is 76.3 cm³/mol. The van der Waals surface area contributed by atoms with Crippen LogP contribution in [0.15, 0.2) is 47.5 Å². The number of pyridine rings is 1. The smallest absolute Gasteiger partial charge is 0.416 e. The van der Waals surface area contributed by atoms with E-state index in [0.717, 1.165) is 24.3 Å². The molecule has 1 aromatic carbocycles. The maximum absolute atomic E-state index is 12.5. The molecule has 0 unspecified atom stereocenters. The minimum Gasteiger partial charge on any atom is -0.481 e. The second-order valence-corrected chi connectivity index (χ2v) is 6.32. The van der Waals surface area contributed by atoms with Crippen LogP contribution in [0.4, 0.5) is 13.2 Å². The first-order chi connectivity index (χ1) is 10.7. The highest BCUT2D eigenvalue weighted by molar-refractivity contribution is 7.89. The number of halogens is 3. The van der Waals surface area contributed by atoms with Gasteiger partial charge in [-0.25, -0.2) is 18.1 Å². The minimum atomic E-state index is -4.51. The fourth-order valence-electron chi connectivity index (χ4n) is 1.72. The van der Waals surface area contributed by atoms with Crippen molar-refractivity contribution in [3.05, 3.63) is 53.7 Å². The molecule has 0 saturated heterocycles. The summed E-state index contributed by atoms with van der Waals surface area (Å²) in [6, 6.07) is 6.48. The summed E-state index contributed by atoms with van der Waals surface area (Å²) in [6.45, 7) is -0.0413. The Hall–Kier alpha value is -2.13. The van der Waals surface area contributed by atoms with Crippen LogP contribution in [-0.4, -0.2) is 20.5 Å². The van der Waals surface area contributed by atoms with E-state index in [2.05, 4.69) is 9.71 Å². The molecule has 0 aliphatic rings. The molecule has 5 nitrogen and oxygen atoms in total. The number of hydrogen-bond donors (Lipinski definition) is 1. The molecule has 1 aromatic heterocycles. The van der Waals surface area contributed by atoms with Crippen molar-refractivity contribution in [1.29, 1.82) is 0 Å². The molecule has 0 aliphatic carbocycles. The van der Waals surface area contributed by atoms with Gasteiger partial charge in [0.1, 0.15) is 0 Å². The van der Waals surface area contributed by atoms with Gasteiger partial charge in [-0.3, -0.25) is 0 Å². The van der Waals surface area contributed by atoms with Crippen LogP contribution in [0.25, 0.3) is 0 Å². The van der Waals surface area contributed by atoms with E-state index >= 15 is 0 Å². The number of nitrogens with zero attached hydrogens (tertiary/aromatic N) is 1. The summed E-state index contributed by atoms with van der Waals surface area (Å²) in [7, 11) is -2.46. The Labute approximate surface area is 131 Å². The van der Waals surface area contributed by atoms with Crippen molar-refractivity contribution >= 4 is 10.0 Å². The first kappa shape index (κ1) is 17.2. The van der Waals surface area contributed by atoms with Crippen molar-refractivity contribution in [3.63, 3.8) is 0 Å². The van der Waals surface area contributed by atoms with Crippen molar-refractivity contribution in [1.82, 2.24) is 9.71 Å². The highest BCUT2D eigenvalue weighted by atomic mass is 32.2.